The molecule has 2 rings (SSSR count). The highest BCUT2D eigenvalue weighted by Crippen LogP contribution is 2.29. The second-order valence-corrected chi connectivity index (χ2v) is 4.79. The van der Waals surface area contributed by atoms with Crippen molar-refractivity contribution in [3.05, 3.63) is 35.4 Å². The zero-order valence-electron chi connectivity index (χ0n) is 10.7. The third-order valence-corrected chi connectivity index (χ3v) is 3.31. The summed E-state index contributed by atoms with van der Waals surface area (Å²) in [5, 5.41) is 0. The quantitative estimate of drug-likeness (QED) is 0.837. The highest BCUT2D eigenvalue weighted by atomic mass is 19.4. The van der Waals surface area contributed by atoms with Gasteiger partial charge in [0.2, 0.25) is 5.91 Å². The molecule has 20 heavy (non-hydrogen) atoms. The van der Waals surface area contributed by atoms with Gasteiger partial charge in [0.25, 0.3) is 0 Å². The Bertz CT molecular complexity index is 498. The van der Waals surface area contributed by atoms with E-state index in [1.165, 1.54) is 12.1 Å². The molecule has 1 aromatic carbocycles. The van der Waals surface area contributed by atoms with Gasteiger partial charge in [-0.3, -0.25) is 9.59 Å². The van der Waals surface area contributed by atoms with Crippen LogP contribution in [-0.4, -0.2) is 29.7 Å². The number of benzene rings is 1. The van der Waals surface area contributed by atoms with E-state index in [4.69, 9.17) is 0 Å². The summed E-state index contributed by atoms with van der Waals surface area (Å²) >= 11 is 0. The van der Waals surface area contributed by atoms with Crippen LogP contribution in [-0.2, 0) is 22.2 Å². The molecular weight excluding hydrogens is 271 g/mol. The second-order valence-electron chi connectivity index (χ2n) is 4.79. The maximum Gasteiger partial charge on any atom is 0.416 e. The second kappa shape index (κ2) is 5.64. The van der Waals surface area contributed by atoms with Crippen LogP contribution in [0.15, 0.2) is 24.3 Å². The number of rotatable bonds is 2. The molecular formula is C14H14F3NO2. The Kier molecular flexibility index (Phi) is 4.11. The average molecular weight is 285 g/mol. The van der Waals surface area contributed by atoms with Gasteiger partial charge in [-0.05, 0) is 17.7 Å². The molecule has 0 radical (unpaired) electrons. The van der Waals surface area contributed by atoms with Crippen molar-refractivity contribution in [3.63, 3.8) is 0 Å². The SMILES string of the molecule is O=C1CCN(C(=O)Cc2ccc(C(F)(F)F)cc2)CC1. The summed E-state index contributed by atoms with van der Waals surface area (Å²) in [7, 11) is 0. The van der Waals surface area contributed by atoms with E-state index in [-0.39, 0.29) is 18.1 Å². The zero-order valence-corrected chi connectivity index (χ0v) is 10.7. The van der Waals surface area contributed by atoms with Crippen LogP contribution >= 0.6 is 0 Å². The molecule has 6 heteroatoms. The summed E-state index contributed by atoms with van der Waals surface area (Å²) in [6.07, 6.45) is -3.58. The lowest BCUT2D eigenvalue weighted by molar-refractivity contribution is -0.137. The molecule has 0 unspecified atom stereocenters. The number of carbonyl (C=O) groups excluding carboxylic acids is 2. The van der Waals surface area contributed by atoms with Gasteiger partial charge in [-0.2, -0.15) is 13.2 Å². The fraction of sp³-hybridized carbons (Fsp3) is 0.429. The number of carbonyl (C=O) groups is 2. The van der Waals surface area contributed by atoms with E-state index in [1.54, 1.807) is 4.90 Å². The first-order valence-electron chi connectivity index (χ1n) is 6.32. The number of halogens is 3. The number of ketones is 1. The van der Waals surface area contributed by atoms with Crippen LogP contribution in [0.2, 0.25) is 0 Å². The van der Waals surface area contributed by atoms with Crippen LogP contribution in [0, 0.1) is 0 Å². The lowest BCUT2D eigenvalue weighted by Crippen LogP contribution is -2.39. The van der Waals surface area contributed by atoms with E-state index in [2.05, 4.69) is 0 Å². The molecule has 1 aliphatic heterocycles. The van der Waals surface area contributed by atoms with Gasteiger partial charge in [-0.1, -0.05) is 12.1 Å². The average Bonchev–Trinajstić information content (AvgIpc) is 2.39. The van der Waals surface area contributed by atoms with Crippen molar-refractivity contribution in [2.45, 2.75) is 25.4 Å². The highest BCUT2D eigenvalue weighted by Gasteiger charge is 2.30. The third-order valence-electron chi connectivity index (χ3n) is 3.31. The summed E-state index contributed by atoms with van der Waals surface area (Å²) in [5.41, 5.74) is -0.183. The number of Topliss-reactive ketones (excluding diaryl/α,β-unsaturated/α-hetero) is 1. The molecule has 0 N–H and O–H groups in total. The molecule has 1 aliphatic rings. The summed E-state index contributed by atoms with van der Waals surface area (Å²) in [6, 6.07) is 4.58. The minimum absolute atomic E-state index is 0.0618. The van der Waals surface area contributed by atoms with Crippen molar-refractivity contribution in [1.29, 1.82) is 0 Å². The summed E-state index contributed by atoms with van der Waals surface area (Å²) in [6.45, 7) is 0.802. The fourth-order valence-corrected chi connectivity index (χ4v) is 2.10. The van der Waals surface area contributed by atoms with Gasteiger partial charge in [-0.15, -0.1) is 0 Å². The molecule has 0 atom stereocenters. The first-order valence-corrected chi connectivity index (χ1v) is 6.32. The Balaban J connectivity index is 1.96. The zero-order chi connectivity index (χ0) is 14.8. The van der Waals surface area contributed by atoms with Gasteiger partial charge < -0.3 is 4.90 Å². The molecule has 0 aromatic heterocycles. The number of alkyl halides is 3. The van der Waals surface area contributed by atoms with Gasteiger partial charge in [0.15, 0.2) is 0 Å². The van der Waals surface area contributed by atoms with Crippen LogP contribution in [0.25, 0.3) is 0 Å². The van der Waals surface area contributed by atoms with Gasteiger partial charge in [0, 0.05) is 25.9 Å². The molecule has 1 saturated heterocycles. The Hall–Kier alpha value is -1.85. The van der Waals surface area contributed by atoms with E-state index >= 15 is 0 Å². The first kappa shape index (κ1) is 14.6. The molecule has 0 bridgehead atoms. The predicted molar refractivity (Wildman–Crippen MR) is 66.0 cm³/mol. The van der Waals surface area contributed by atoms with Crippen LogP contribution in [0.5, 0.6) is 0 Å². The Labute approximate surface area is 114 Å². The fourth-order valence-electron chi connectivity index (χ4n) is 2.10. The summed E-state index contributed by atoms with van der Waals surface area (Å²) in [4.78, 5) is 24.6. The monoisotopic (exact) mass is 285 g/mol. The molecule has 108 valence electrons. The molecule has 0 aliphatic carbocycles. The Morgan fingerprint density at radius 3 is 2.15 bits per heavy atom. The largest absolute Gasteiger partial charge is 0.416 e. The van der Waals surface area contributed by atoms with Crippen molar-refractivity contribution < 1.29 is 22.8 Å². The predicted octanol–water partition coefficient (Wildman–Crippen LogP) is 2.44. The lowest BCUT2D eigenvalue weighted by Gasteiger charge is -2.26. The van der Waals surface area contributed by atoms with Crippen molar-refractivity contribution in [2.24, 2.45) is 0 Å². The van der Waals surface area contributed by atoms with Crippen molar-refractivity contribution in [3.8, 4) is 0 Å². The van der Waals surface area contributed by atoms with Crippen molar-refractivity contribution in [2.75, 3.05) is 13.1 Å². The van der Waals surface area contributed by atoms with Gasteiger partial charge in [0.1, 0.15) is 5.78 Å². The number of likely N-dealkylation sites (tertiary alicyclic amines) is 1. The van der Waals surface area contributed by atoms with Gasteiger partial charge in [0.05, 0.1) is 12.0 Å². The number of hydrogen-bond acceptors (Lipinski definition) is 2. The van der Waals surface area contributed by atoms with Crippen LogP contribution in [0.1, 0.15) is 24.0 Å². The molecule has 3 nitrogen and oxygen atoms in total. The molecule has 1 aromatic rings. The molecule has 0 spiro atoms. The number of nitrogens with zero attached hydrogens (tertiary/aromatic N) is 1. The van der Waals surface area contributed by atoms with Crippen molar-refractivity contribution >= 4 is 11.7 Å². The van der Waals surface area contributed by atoms with Crippen molar-refractivity contribution in [1.82, 2.24) is 4.90 Å². The molecule has 1 fully saturated rings. The standard InChI is InChI=1S/C14H14F3NO2/c15-14(16,17)11-3-1-10(2-4-11)9-13(20)18-7-5-12(19)6-8-18/h1-4H,5-9H2. The Morgan fingerprint density at radius 2 is 1.65 bits per heavy atom. The van der Waals surface area contributed by atoms with E-state index in [0.717, 1.165) is 12.1 Å². The number of piperidine rings is 1. The summed E-state index contributed by atoms with van der Waals surface area (Å²) in [5.74, 6) is -0.0131. The van der Waals surface area contributed by atoms with Crippen LogP contribution in [0.3, 0.4) is 0 Å². The minimum atomic E-state index is -4.37. The molecule has 1 amide bonds. The summed E-state index contributed by atoms with van der Waals surface area (Å²) < 4.78 is 37.2. The maximum atomic E-state index is 12.4. The maximum absolute atomic E-state index is 12.4. The number of amides is 1. The first-order chi connectivity index (χ1) is 9.36. The normalized spacial score (nSPS) is 16.4. The molecule has 1 heterocycles. The Morgan fingerprint density at radius 1 is 1.10 bits per heavy atom. The smallest absolute Gasteiger partial charge is 0.342 e. The van der Waals surface area contributed by atoms with E-state index in [0.29, 0.717) is 31.5 Å². The highest BCUT2D eigenvalue weighted by molar-refractivity contribution is 5.84. The van der Waals surface area contributed by atoms with Gasteiger partial charge in [-0.25, -0.2) is 0 Å². The van der Waals surface area contributed by atoms with Crippen LogP contribution in [0.4, 0.5) is 13.2 Å². The van der Waals surface area contributed by atoms with Gasteiger partial charge >= 0.3 is 6.18 Å². The van der Waals surface area contributed by atoms with E-state index in [9.17, 15) is 22.8 Å². The molecule has 0 saturated carbocycles. The van der Waals surface area contributed by atoms with E-state index < -0.39 is 11.7 Å². The number of hydrogen-bond donors (Lipinski definition) is 0. The minimum Gasteiger partial charge on any atom is -0.342 e. The third kappa shape index (κ3) is 3.59. The lowest BCUT2D eigenvalue weighted by atomic mass is 10.1. The van der Waals surface area contributed by atoms with E-state index in [1.807, 2.05) is 0 Å². The topological polar surface area (TPSA) is 37.4 Å². The van der Waals surface area contributed by atoms with Crippen LogP contribution < -0.4 is 0 Å².